The molecular weight excluding hydrogens is 564 g/mol. The molecule has 4 rings (SSSR count). The van der Waals surface area contributed by atoms with Crippen LogP contribution < -0.4 is 5.32 Å². The number of methoxy groups -OCH3 is 1. The Hall–Kier alpha value is -3.61. The Morgan fingerprint density at radius 1 is 1.00 bits per heavy atom. The number of carbonyl (C=O) groups is 1. The van der Waals surface area contributed by atoms with Gasteiger partial charge in [0.05, 0.1) is 19.7 Å². The summed E-state index contributed by atoms with van der Waals surface area (Å²) in [6.45, 7) is 2.72. The smallest absolute Gasteiger partial charge is 0.320 e. The molecule has 42 heavy (non-hydrogen) atoms. The zero-order valence-corrected chi connectivity index (χ0v) is 23.9. The number of alkyl halides is 3. The Morgan fingerprint density at radius 2 is 1.62 bits per heavy atom. The maximum Gasteiger partial charge on any atom is 0.320 e. The van der Waals surface area contributed by atoms with E-state index < -0.39 is 41.7 Å². The first-order valence-electron chi connectivity index (χ1n) is 13.6. The van der Waals surface area contributed by atoms with Crippen LogP contribution in [0.25, 0.3) is 5.83 Å². The minimum Gasteiger partial charge on any atom is -0.380 e. The fourth-order valence-corrected chi connectivity index (χ4v) is 5.34. The molecule has 1 N–H and O–H groups in total. The topological polar surface area (TPSA) is 51.3 Å². The van der Waals surface area contributed by atoms with E-state index in [1.807, 2.05) is 0 Å². The van der Waals surface area contributed by atoms with Crippen LogP contribution in [0.2, 0.25) is 0 Å². The molecule has 0 saturated carbocycles. The summed E-state index contributed by atoms with van der Waals surface area (Å²) in [5.74, 6) is -2.01. The molecule has 0 aromatic heterocycles. The number of hydrogen-bond donors (Lipinski definition) is 1. The molecule has 2 aliphatic heterocycles. The molecule has 7 nitrogen and oxygen atoms in total. The van der Waals surface area contributed by atoms with Crippen molar-refractivity contribution in [2.45, 2.75) is 32.2 Å². The third-order valence-corrected chi connectivity index (χ3v) is 7.40. The molecule has 0 aliphatic carbocycles. The maximum atomic E-state index is 16.8. The van der Waals surface area contributed by atoms with Crippen molar-refractivity contribution in [1.82, 2.24) is 19.6 Å². The highest BCUT2D eigenvalue weighted by Gasteiger charge is 2.35. The van der Waals surface area contributed by atoms with E-state index in [4.69, 9.17) is 4.74 Å². The van der Waals surface area contributed by atoms with Crippen molar-refractivity contribution in [3.05, 3.63) is 70.0 Å². The van der Waals surface area contributed by atoms with Crippen LogP contribution in [0.5, 0.6) is 0 Å². The number of carbonyl (C=O) groups excluding carboxylic acids is 1. The molecule has 1 atom stereocenters. The van der Waals surface area contributed by atoms with Crippen LogP contribution in [-0.4, -0.2) is 92.3 Å². The molecule has 2 fully saturated rings. The first kappa shape index (κ1) is 31.3. The Morgan fingerprint density at radius 3 is 2.19 bits per heavy atom. The van der Waals surface area contributed by atoms with Crippen LogP contribution in [0, 0.1) is 11.6 Å². The summed E-state index contributed by atoms with van der Waals surface area (Å²) in [5.41, 5.74) is -0.249. The molecule has 0 spiro atoms. The highest BCUT2D eigenvalue weighted by Crippen LogP contribution is 2.37. The third kappa shape index (κ3) is 6.71. The zero-order chi connectivity index (χ0) is 30.7. The Kier molecular flexibility index (Phi) is 9.80. The van der Waals surface area contributed by atoms with Gasteiger partial charge in [-0.1, -0.05) is 0 Å². The number of piperazine rings is 1. The number of urea groups is 1. The second-order valence-electron chi connectivity index (χ2n) is 10.7. The van der Waals surface area contributed by atoms with Gasteiger partial charge >= 0.3 is 6.03 Å². The molecule has 2 aliphatic rings. The van der Waals surface area contributed by atoms with Gasteiger partial charge < -0.3 is 29.7 Å². The van der Waals surface area contributed by atoms with Crippen LogP contribution in [0.4, 0.5) is 36.8 Å². The molecule has 2 aromatic rings. The van der Waals surface area contributed by atoms with E-state index in [1.165, 1.54) is 12.0 Å². The van der Waals surface area contributed by atoms with E-state index in [2.05, 4.69) is 5.32 Å². The van der Waals surface area contributed by atoms with Crippen molar-refractivity contribution in [2.24, 2.45) is 0 Å². The molecule has 230 valence electrons. The number of nitrogens with zero attached hydrogens (tertiary/aromatic N) is 4. The number of amides is 2. The van der Waals surface area contributed by atoms with Gasteiger partial charge in [0.1, 0.15) is 23.6 Å². The molecule has 2 heterocycles. The van der Waals surface area contributed by atoms with Gasteiger partial charge in [-0.25, -0.2) is 31.1 Å². The number of nitrogens with one attached hydrogen (secondary N) is 1. The molecule has 2 amide bonds. The van der Waals surface area contributed by atoms with Crippen LogP contribution in [0.1, 0.15) is 41.6 Å². The highest BCUT2D eigenvalue weighted by molar-refractivity contribution is 5.75. The van der Waals surface area contributed by atoms with Gasteiger partial charge in [0.15, 0.2) is 5.83 Å². The monoisotopic (exact) mass is 599 g/mol. The lowest BCUT2D eigenvalue weighted by Crippen LogP contribution is -2.59. The van der Waals surface area contributed by atoms with E-state index in [0.717, 1.165) is 30.3 Å². The number of benzene rings is 2. The molecule has 2 aromatic carbocycles. The molecule has 0 bridgehead atoms. The number of hydrogen-bond acceptors (Lipinski definition) is 5. The predicted octanol–water partition coefficient (Wildman–Crippen LogP) is 5.77. The lowest BCUT2D eigenvalue weighted by Gasteiger charge is -2.43. The zero-order valence-electron chi connectivity index (χ0n) is 23.9. The predicted molar refractivity (Wildman–Crippen MR) is 147 cm³/mol. The van der Waals surface area contributed by atoms with E-state index >= 15 is 4.39 Å². The summed E-state index contributed by atoms with van der Waals surface area (Å²) in [6, 6.07) is 4.06. The van der Waals surface area contributed by atoms with Gasteiger partial charge in [0, 0.05) is 70.2 Å². The van der Waals surface area contributed by atoms with Crippen molar-refractivity contribution in [1.29, 1.82) is 0 Å². The van der Waals surface area contributed by atoms with Gasteiger partial charge in [-0.2, -0.15) is 0 Å². The Labute approximate surface area is 241 Å². The van der Waals surface area contributed by atoms with Crippen LogP contribution in [0.15, 0.2) is 36.2 Å². The summed E-state index contributed by atoms with van der Waals surface area (Å²) < 4.78 is 91.1. The molecular formula is C29H35F6N5O2. The van der Waals surface area contributed by atoms with Gasteiger partial charge in [-0.05, 0) is 48.4 Å². The Balaban J connectivity index is 1.69. The third-order valence-electron chi connectivity index (χ3n) is 7.40. The number of halogens is 6. The number of ether oxygens (including phenoxy) is 1. The number of anilines is 1. The van der Waals surface area contributed by atoms with Gasteiger partial charge in [0.25, 0.3) is 6.43 Å². The van der Waals surface area contributed by atoms with E-state index in [0.29, 0.717) is 0 Å². The Bertz CT molecular complexity index is 1310. The van der Waals surface area contributed by atoms with Crippen molar-refractivity contribution in [3.63, 3.8) is 0 Å². The van der Waals surface area contributed by atoms with Crippen LogP contribution >= 0.6 is 0 Å². The second-order valence-corrected chi connectivity index (χ2v) is 10.7. The van der Waals surface area contributed by atoms with Crippen molar-refractivity contribution >= 4 is 17.5 Å². The van der Waals surface area contributed by atoms with E-state index in [9.17, 15) is 26.7 Å². The van der Waals surface area contributed by atoms with Crippen LogP contribution in [0.3, 0.4) is 0 Å². The molecule has 2 saturated heterocycles. The summed E-state index contributed by atoms with van der Waals surface area (Å²) >= 11 is 0. The van der Waals surface area contributed by atoms with E-state index in [-0.39, 0.29) is 80.1 Å². The second kappa shape index (κ2) is 13.1. The molecule has 0 radical (unpaired) electrons. The van der Waals surface area contributed by atoms with Gasteiger partial charge in [-0.3, -0.25) is 0 Å². The summed E-state index contributed by atoms with van der Waals surface area (Å²) in [7, 11) is 4.70. The van der Waals surface area contributed by atoms with Crippen LogP contribution in [-0.2, 0) is 11.3 Å². The average Bonchev–Trinajstić information content (AvgIpc) is 2.91. The van der Waals surface area contributed by atoms with Crippen molar-refractivity contribution < 1.29 is 35.9 Å². The van der Waals surface area contributed by atoms with Crippen molar-refractivity contribution in [3.8, 4) is 0 Å². The standard InChI is InChI=1S/C29H35F6N5O2/c1-17(36-24-6-5-19(30)12-23(24)27(34)35)22-13-20(31)11-18(16-42-4)25(22)26(33)28(37(2)3)38-7-9-39(10-8-38)29(41)40-14-21(32)15-40/h5-6,11-13,17,21,27,36H,7-10,14-16H2,1-4H3/b28-26-. The lowest BCUT2D eigenvalue weighted by molar-refractivity contribution is 0.0561. The summed E-state index contributed by atoms with van der Waals surface area (Å²) in [5, 5.41) is 2.87. The lowest BCUT2D eigenvalue weighted by atomic mass is 9.94. The average molecular weight is 600 g/mol. The van der Waals surface area contributed by atoms with Gasteiger partial charge in [0.2, 0.25) is 0 Å². The first-order chi connectivity index (χ1) is 19.9. The SMILES string of the molecule is COCc1cc(F)cc(C(C)Nc2ccc(F)cc2C(F)F)c1/C(F)=C(\N(C)C)N1CCN(C(=O)N2CC(F)C2)CC1. The fourth-order valence-electron chi connectivity index (χ4n) is 5.34. The highest BCUT2D eigenvalue weighted by atomic mass is 19.3. The number of likely N-dealkylation sites (tertiary alicyclic amines) is 1. The fraction of sp³-hybridized carbons (Fsp3) is 0.483. The minimum absolute atomic E-state index is 0.0377. The summed E-state index contributed by atoms with van der Waals surface area (Å²) in [6.07, 6.45) is -3.99. The minimum atomic E-state index is -2.98. The largest absolute Gasteiger partial charge is 0.380 e. The first-order valence-corrected chi connectivity index (χ1v) is 13.6. The molecule has 13 heteroatoms. The van der Waals surface area contributed by atoms with Crippen molar-refractivity contribution in [2.75, 3.05) is 65.8 Å². The quantitative estimate of drug-likeness (QED) is 0.371. The summed E-state index contributed by atoms with van der Waals surface area (Å²) in [4.78, 5) is 19.0. The molecule has 1 unspecified atom stereocenters. The normalized spacial score (nSPS) is 17.3. The maximum absolute atomic E-state index is 16.8. The van der Waals surface area contributed by atoms with Gasteiger partial charge in [-0.15, -0.1) is 0 Å². The number of rotatable bonds is 9. The van der Waals surface area contributed by atoms with E-state index in [1.54, 1.807) is 35.7 Å².